The molecule has 6 heteroatoms. The zero-order valence-electron chi connectivity index (χ0n) is 8.68. The summed E-state index contributed by atoms with van der Waals surface area (Å²) in [6.45, 7) is 0. The van der Waals surface area contributed by atoms with Crippen LogP contribution in [0.4, 0.5) is 11.6 Å². The number of hydrogen-bond donors (Lipinski definition) is 2. The van der Waals surface area contributed by atoms with Crippen molar-refractivity contribution < 1.29 is 0 Å². The van der Waals surface area contributed by atoms with Gasteiger partial charge >= 0.3 is 0 Å². The molecular weight excluding hydrogens is 238 g/mol. The van der Waals surface area contributed by atoms with Crippen LogP contribution in [0.15, 0.2) is 36.5 Å². The number of para-hydroxylation sites is 1. The molecule has 0 atom stereocenters. The molecule has 0 aliphatic carbocycles. The maximum absolute atomic E-state index is 6.02. The van der Waals surface area contributed by atoms with Crippen molar-refractivity contribution in [3.05, 3.63) is 41.7 Å². The fraction of sp³-hybridized carbons (Fsp3) is 0. The maximum atomic E-state index is 6.02. The van der Waals surface area contributed by atoms with Gasteiger partial charge in [0.15, 0.2) is 5.65 Å². The van der Waals surface area contributed by atoms with E-state index in [0.29, 0.717) is 22.1 Å². The van der Waals surface area contributed by atoms with Crippen molar-refractivity contribution in [2.75, 3.05) is 5.32 Å². The molecular formula is C11H8ClN5. The van der Waals surface area contributed by atoms with Crippen LogP contribution in [-0.2, 0) is 0 Å². The summed E-state index contributed by atoms with van der Waals surface area (Å²) in [6, 6.07) is 9.65. The molecule has 0 amide bonds. The lowest BCUT2D eigenvalue weighted by molar-refractivity contribution is 1.09. The highest BCUT2D eigenvalue weighted by Crippen LogP contribution is 2.21. The Morgan fingerprint density at radius 2 is 1.94 bits per heavy atom. The highest BCUT2D eigenvalue weighted by molar-refractivity contribution is 6.34. The van der Waals surface area contributed by atoms with E-state index in [-0.39, 0.29) is 0 Å². The van der Waals surface area contributed by atoms with Gasteiger partial charge in [0.05, 0.1) is 11.6 Å². The molecule has 0 fully saturated rings. The molecule has 3 aromatic rings. The molecule has 84 valence electrons. The molecule has 0 aliphatic rings. The van der Waals surface area contributed by atoms with Gasteiger partial charge in [0.2, 0.25) is 5.95 Å². The first-order chi connectivity index (χ1) is 8.33. The van der Waals surface area contributed by atoms with Gasteiger partial charge in [-0.25, -0.2) is 0 Å². The predicted octanol–water partition coefficient (Wildman–Crippen LogP) is 2.75. The van der Waals surface area contributed by atoms with Crippen LogP contribution in [0.3, 0.4) is 0 Å². The summed E-state index contributed by atoms with van der Waals surface area (Å²) in [4.78, 5) is 8.42. The molecule has 5 nitrogen and oxygen atoms in total. The van der Waals surface area contributed by atoms with Crippen molar-refractivity contribution in [3.63, 3.8) is 0 Å². The Morgan fingerprint density at radius 3 is 2.76 bits per heavy atom. The zero-order valence-corrected chi connectivity index (χ0v) is 9.44. The number of rotatable bonds is 2. The second-order valence-corrected chi connectivity index (χ2v) is 3.82. The highest BCUT2D eigenvalue weighted by atomic mass is 35.5. The van der Waals surface area contributed by atoms with E-state index in [9.17, 15) is 0 Å². The average Bonchev–Trinajstić information content (AvgIpc) is 2.79. The fourth-order valence-corrected chi connectivity index (χ4v) is 1.72. The van der Waals surface area contributed by atoms with Gasteiger partial charge < -0.3 is 5.32 Å². The van der Waals surface area contributed by atoms with Crippen molar-refractivity contribution >= 4 is 34.3 Å². The minimum Gasteiger partial charge on any atom is -0.324 e. The Balaban J connectivity index is 2.01. The molecule has 0 spiro atoms. The lowest BCUT2D eigenvalue weighted by atomic mass is 10.3. The first-order valence-corrected chi connectivity index (χ1v) is 5.39. The molecule has 0 unspecified atom stereocenters. The largest absolute Gasteiger partial charge is 0.324 e. The summed E-state index contributed by atoms with van der Waals surface area (Å²) in [7, 11) is 0. The number of aromatic nitrogens is 4. The van der Waals surface area contributed by atoms with Crippen LogP contribution < -0.4 is 5.32 Å². The van der Waals surface area contributed by atoms with Gasteiger partial charge in [-0.05, 0) is 12.1 Å². The third-order valence-electron chi connectivity index (χ3n) is 2.29. The number of hydrogen-bond acceptors (Lipinski definition) is 4. The maximum Gasteiger partial charge on any atom is 0.230 e. The second-order valence-electron chi connectivity index (χ2n) is 3.46. The van der Waals surface area contributed by atoms with Gasteiger partial charge in [0.25, 0.3) is 0 Å². The third-order valence-corrected chi connectivity index (χ3v) is 2.58. The number of nitrogens with zero attached hydrogens (tertiary/aromatic N) is 3. The van der Waals surface area contributed by atoms with E-state index in [1.54, 1.807) is 6.20 Å². The molecule has 2 aromatic heterocycles. The number of halogens is 1. The topological polar surface area (TPSA) is 66.5 Å². The average molecular weight is 246 g/mol. The molecule has 0 bridgehead atoms. The first-order valence-electron chi connectivity index (χ1n) is 5.01. The Kier molecular flexibility index (Phi) is 2.38. The summed E-state index contributed by atoms with van der Waals surface area (Å²) >= 11 is 6.02. The lowest BCUT2D eigenvalue weighted by Crippen LogP contribution is -1.97. The van der Waals surface area contributed by atoms with Crippen LogP contribution >= 0.6 is 11.6 Å². The van der Waals surface area contributed by atoms with Gasteiger partial charge in [0, 0.05) is 5.69 Å². The number of anilines is 2. The monoisotopic (exact) mass is 245 g/mol. The minimum atomic E-state index is 0.377. The van der Waals surface area contributed by atoms with E-state index in [4.69, 9.17) is 11.6 Å². The van der Waals surface area contributed by atoms with Crippen molar-refractivity contribution in [2.45, 2.75) is 0 Å². The number of benzene rings is 1. The standard InChI is InChI=1S/C11H8ClN5/c12-9-8-6-13-17-10(8)16-11(15-9)14-7-4-2-1-3-5-7/h1-6H,(H2,13,14,15,16,17). The molecule has 0 aliphatic heterocycles. The van der Waals surface area contributed by atoms with Gasteiger partial charge in [-0.3, -0.25) is 5.10 Å². The third kappa shape index (κ3) is 1.92. The van der Waals surface area contributed by atoms with E-state index >= 15 is 0 Å². The number of nitrogens with one attached hydrogen (secondary N) is 2. The molecule has 2 N–H and O–H groups in total. The minimum absolute atomic E-state index is 0.377. The normalized spacial score (nSPS) is 10.6. The van der Waals surface area contributed by atoms with Crippen LogP contribution in [0.2, 0.25) is 5.15 Å². The van der Waals surface area contributed by atoms with E-state index in [1.807, 2.05) is 30.3 Å². The van der Waals surface area contributed by atoms with Gasteiger partial charge in [0.1, 0.15) is 5.15 Å². The van der Waals surface area contributed by atoms with E-state index in [0.717, 1.165) is 5.69 Å². The first kappa shape index (κ1) is 10.0. The van der Waals surface area contributed by atoms with Gasteiger partial charge in [-0.2, -0.15) is 15.1 Å². The van der Waals surface area contributed by atoms with E-state index in [2.05, 4.69) is 25.5 Å². The van der Waals surface area contributed by atoms with Crippen LogP contribution in [0, 0.1) is 0 Å². The van der Waals surface area contributed by atoms with Gasteiger partial charge in [-0.15, -0.1) is 0 Å². The Hall–Kier alpha value is -2.14. The Bertz CT molecular complexity index is 649. The number of aromatic amines is 1. The van der Waals surface area contributed by atoms with E-state index < -0.39 is 0 Å². The smallest absolute Gasteiger partial charge is 0.230 e. The van der Waals surface area contributed by atoms with Crippen LogP contribution in [0.25, 0.3) is 11.0 Å². The quantitative estimate of drug-likeness (QED) is 0.682. The summed E-state index contributed by atoms with van der Waals surface area (Å²) in [5, 5.41) is 10.8. The predicted molar refractivity (Wildman–Crippen MR) is 66.4 cm³/mol. The fourth-order valence-electron chi connectivity index (χ4n) is 1.51. The summed E-state index contributed by atoms with van der Waals surface area (Å²) in [6.07, 6.45) is 1.60. The zero-order chi connectivity index (χ0) is 11.7. The molecule has 1 aromatic carbocycles. The molecule has 17 heavy (non-hydrogen) atoms. The Morgan fingerprint density at radius 1 is 1.12 bits per heavy atom. The van der Waals surface area contributed by atoms with Crippen LogP contribution in [-0.4, -0.2) is 20.2 Å². The van der Waals surface area contributed by atoms with Crippen molar-refractivity contribution in [1.82, 2.24) is 20.2 Å². The number of fused-ring (bicyclic) bond motifs is 1. The van der Waals surface area contributed by atoms with Gasteiger partial charge in [-0.1, -0.05) is 29.8 Å². The van der Waals surface area contributed by atoms with Crippen LogP contribution in [0.1, 0.15) is 0 Å². The van der Waals surface area contributed by atoms with Crippen LogP contribution in [0.5, 0.6) is 0 Å². The molecule has 3 rings (SSSR count). The summed E-state index contributed by atoms with van der Waals surface area (Å²) in [5.41, 5.74) is 1.52. The summed E-state index contributed by atoms with van der Waals surface area (Å²) in [5.74, 6) is 0.443. The van der Waals surface area contributed by atoms with E-state index in [1.165, 1.54) is 0 Å². The SMILES string of the molecule is Clc1nc(Nc2ccccc2)nc2[nH]ncc12. The van der Waals surface area contributed by atoms with Crippen molar-refractivity contribution in [2.24, 2.45) is 0 Å². The molecule has 0 saturated carbocycles. The lowest BCUT2D eigenvalue weighted by Gasteiger charge is -2.04. The molecule has 0 saturated heterocycles. The Labute approximate surface area is 102 Å². The van der Waals surface area contributed by atoms with Crippen molar-refractivity contribution in [3.8, 4) is 0 Å². The summed E-state index contributed by atoms with van der Waals surface area (Å²) < 4.78 is 0. The highest BCUT2D eigenvalue weighted by Gasteiger charge is 2.07. The molecule has 2 heterocycles. The van der Waals surface area contributed by atoms with Crippen molar-refractivity contribution in [1.29, 1.82) is 0 Å². The number of H-pyrrole nitrogens is 1. The molecule has 0 radical (unpaired) electrons. The second kappa shape index (κ2) is 4.03.